The summed E-state index contributed by atoms with van der Waals surface area (Å²) in [6.07, 6.45) is -0.934. The number of anilines is 1. The van der Waals surface area contributed by atoms with Crippen molar-refractivity contribution in [1.29, 1.82) is 0 Å². The average molecular weight is 309 g/mol. The molecule has 0 saturated carbocycles. The van der Waals surface area contributed by atoms with Crippen LogP contribution in [0.25, 0.3) is 11.0 Å². The van der Waals surface area contributed by atoms with E-state index in [4.69, 9.17) is 9.15 Å². The van der Waals surface area contributed by atoms with Crippen LogP contribution in [0.5, 0.6) is 0 Å². The van der Waals surface area contributed by atoms with Crippen molar-refractivity contribution in [3.63, 3.8) is 0 Å². The summed E-state index contributed by atoms with van der Waals surface area (Å²) in [6.45, 7) is 1.51. The molecule has 1 aromatic heterocycles. The molecule has 1 heterocycles. The Balaban J connectivity index is 1.65. The molecule has 0 fully saturated rings. The quantitative estimate of drug-likeness (QED) is 0.747. The van der Waals surface area contributed by atoms with E-state index in [-0.39, 0.29) is 5.76 Å². The Morgan fingerprint density at radius 3 is 2.48 bits per heavy atom. The Bertz CT molecular complexity index is 805. The molecule has 0 aliphatic carbocycles. The third kappa shape index (κ3) is 3.40. The average Bonchev–Trinajstić information content (AvgIpc) is 3.00. The number of rotatable bonds is 4. The minimum atomic E-state index is -0.934. The third-order valence-corrected chi connectivity index (χ3v) is 3.32. The van der Waals surface area contributed by atoms with Crippen molar-refractivity contribution in [3.05, 3.63) is 66.4 Å². The van der Waals surface area contributed by atoms with E-state index in [1.54, 1.807) is 36.4 Å². The van der Waals surface area contributed by atoms with Gasteiger partial charge in [0.05, 0.1) is 0 Å². The van der Waals surface area contributed by atoms with Gasteiger partial charge in [-0.15, -0.1) is 0 Å². The highest BCUT2D eigenvalue weighted by atomic mass is 16.6. The van der Waals surface area contributed by atoms with E-state index in [0.29, 0.717) is 11.3 Å². The lowest BCUT2D eigenvalue weighted by molar-refractivity contribution is -0.123. The monoisotopic (exact) mass is 309 g/mol. The molecule has 0 aliphatic rings. The summed E-state index contributed by atoms with van der Waals surface area (Å²) in [7, 11) is 0. The second-order valence-electron chi connectivity index (χ2n) is 5.05. The zero-order valence-electron chi connectivity index (χ0n) is 12.5. The first-order valence-corrected chi connectivity index (χ1v) is 7.19. The van der Waals surface area contributed by atoms with Gasteiger partial charge in [-0.2, -0.15) is 0 Å². The van der Waals surface area contributed by atoms with E-state index < -0.39 is 18.0 Å². The second kappa shape index (κ2) is 6.36. The fraction of sp³-hybridized carbons (Fsp3) is 0.111. The molecule has 2 aromatic carbocycles. The van der Waals surface area contributed by atoms with Gasteiger partial charge in [-0.25, -0.2) is 4.79 Å². The first-order chi connectivity index (χ1) is 11.1. The van der Waals surface area contributed by atoms with Crippen molar-refractivity contribution < 1.29 is 18.7 Å². The van der Waals surface area contributed by atoms with Gasteiger partial charge in [0, 0.05) is 11.1 Å². The van der Waals surface area contributed by atoms with Crippen molar-refractivity contribution in [3.8, 4) is 0 Å². The Morgan fingerprint density at radius 1 is 1.04 bits per heavy atom. The van der Waals surface area contributed by atoms with Gasteiger partial charge in [-0.1, -0.05) is 36.4 Å². The topological polar surface area (TPSA) is 68.5 Å². The van der Waals surface area contributed by atoms with Crippen molar-refractivity contribution in [2.24, 2.45) is 0 Å². The molecular formula is C18H15NO4. The standard InChI is InChI=1S/C18H15NO4/c1-12(17(20)19-14-8-3-2-4-9-14)22-18(21)16-11-13-7-5-6-10-15(13)23-16/h2-12H,1H3,(H,19,20)/t12-/m1/s1. The smallest absolute Gasteiger partial charge is 0.375 e. The van der Waals surface area contributed by atoms with Gasteiger partial charge in [0.15, 0.2) is 6.10 Å². The summed E-state index contributed by atoms with van der Waals surface area (Å²) in [5.74, 6) is -0.997. The Labute approximate surface area is 132 Å². The first kappa shape index (κ1) is 14.8. The number of hydrogen-bond donors (Lipinski definition) is 1. The largest absolute Gasteiger partial charge is 0.449 e. The highest BCUT2D eigenvalue weighted by Gasteiger charge is 2.21. The van der Waals surface area contributed by atoms with Crippen LogP contribution in [0.1, 0.15) is 17.5 Å². The van der Waals surface area contributed by atoms with Crippen LogP contribution < -0.4 is 5.32 Å². The van der Waals surface area contributed by atoms with Gasteiger partial charge in [-0.3, -0.25) is 4.79 Å². The molecule has 0 radical (unpaired) electrons. The minimum Gasteiger partial charge on any atom is -0.449 e. The number of para-hydroxylation sites is 2. The fourth-order valence-electron chi connectivity index (χ4n) is 2.12. The summed E-state index contributed by atoms with van der Waals surface area (Å²) in [6, 6.07) is 17.8. The maximum absolute atomic E-state index is 12.1. The summed E-state index contributed by atoms with van der Waals surface area (Å²) >= 11 is 0. The highest BCUT2D eigenvalue weighted by molar-refractivity contribution is 5.97. The third-order valence-electron chi connectivity index (χ3n) is 3.32. The number of fused-ring (bicyclic) bond motifs is 1. The van der Waals surface area contributed by atoms with Crippen LogP contribution in [0.15, 0.2) is 65.1 Å². The molecule has 0 unspecified atom stereocenters. The summed E-state index contributed by atoms with van der Waals surface area (Å²) < 4.78 is 10.6. The number of ether oxygens (including phenoxy) is 1. The van der Waals surface area contributed by atoms with Crippen LogP contribution in [0, 0.1) is 0 Å². The van der Waals surface area contributed by atoms with Gasteiger partial charge in [0.1, 0.15) is 5.58 Å². The van der Waals surface area contributed by atoms with Gasteiger partial charge in [0.25, 0.3) is 5.91 Å². The van der Waals surface area contributed by atoms with E-state index in [2.05, 4.69) is 5.32 Å². The number of amides is 1. The van der Waals surface area contributed by atoms with Crippen molar-refractivity contribution >= 4 is 28.5 Å². The Kier molecular flexibility index (Phi) is 4.10. The van der Waals surface area contributed by atoms with Crippen molar-refractivity contribution in [1.82, 2.24) is 0 Å². The molecule has 1 atom stereocenters. The van der Waals surface area contributed by atoms with Crippen LogP contribution in [-0.4, -0.2) is 18.0 Å². The van der Waals surface area contributed by atoms with Crippen molar-refractivity contribution in [2.75, 3.05) is 5.32 Å². The number of furan rings is 1. The number of carbonyl (C=O) groups is 2. The van der Waals surface area contributed by atoms with Crippen LogP contribution in [0.3, 0.4) is 0 Å². The molecule has 0 saturated heterocycles. The molecule has 0 aliphatic heterocycles. The predicted molar refractivity (Wildman–Crippen MR) is 86.2 cm³/mol. The molecular weight excluding hydrogens is 294 g/mol. The van der Waals surface area contributed by atoms with E-state index in [1.807, 2.05) is 24.3 Å². The Morgan fingerprint density at radius 2 is 1.74 bits per heavy atom. The molecule has 3 rings (SSSR count). The summed E-state index contributed by atoms with van der Waals surface area (Å²) in [5, 5.41) is 3.48. The van der Waals surface area contributed by atoms with Gasteiger partial charge in [-0.05, 0) is 31.2 Å². The Hall–Kier alpha value is -3.08. The molecule has 3 aromatic rings. The predicted octanol–water partition coefficient (Wildman–Crippen LogP) is 3.62. The van der Waals surface area contributed by atoms with Gasteiger partial charge in [0.2, 0.25) is 5.76 Å². The molecule has 23 heavy (non-hydrogen) atoms. The zero-order valence-corrected chi connectivity index (χ0v) is 12.5. The maximum atomic E-state index is 12.1. The first-order valence-electron chi connectivity index (χ1n) is 7.19. The fourth-order valence-corrected chi connectivity index (χ4v) is 2.12. The SMILES string of the molecule is C[C@@H](OC(=O)c1cc2ccccc2o1)C(=O)Nc1ccccc1. The van der Waals surface area contributed by atoms with E-state index >= 15 is 0 Å². The highest BCUT2D eigenvalue weighted by Crippen LogP contribution is 2.20. The van der Waals surface area contributed by atoms with Crippen molar-refractivity contribution in [2.45, 2.75) is 13.0 Å². The minimum absolute atomic E-state index is 0.0746. The zero-order chi connectivity index (χ0) is 16.2. The lowest BCUT2D eigenvalue weighted by Gasteiger charge is -2.12. The number of hydrogen-bond acceptors (Lipinski definition) is 4. The summed E-state index contributed by atoms with van der Waals surface area (Å²) in [4.78, 5) is 24.1. The second-order valence-corrected chi connectivity index (χ2v) is 5.05. The molecule has 0 bridgehead atoms. The summed E-state index contributed by atoms with van der Waals surface area (Å²) in [5.41, 5.74) is 1.24. The number of carbonyl (C=O) groups excluding carboxylic acids is 2. The molecule has 0 spiro atoms. The van der Waals surface area contributed by atoms with Gasteiger partial charge >= 0.3 is 5.97 Å². The molecule has 1 N–H and O–H groups in total. The number of benzene rings is 2. The lowest BCUT2D eigenvalue weighted by atomic mass is 10.2. The lowest BCUT2D eigenvalue weighted by Crippen LogP contribution is -2.29. The molecule has 116 valence electrons. The van der Waals surface area contributed by atoms with E-state index in [0.717, 1.165) is 5.39 Å². The van der Waals surface area contributed by atoms with E-state index in [9.17, 15) is 9.59 Å². The maximum Gasteiger partial charge on any atom is 0.375 e. The molecule has 5 nitrogen and oxygen atoms in total. The number of esters is 1. The van der Waals surface area contributed by atoms with Crippen LogP contribution in [-0.2, 0) is 9.53 Å². The molecule has 1 amide bonds. The van der Waals surface area contributed by atoms with E-state index in [1.165, 1.54) is 6.92 Å². The van der Waals surface area contributed by atoms with Gasteiger partial charge < -0.3 is 14.5 Å². The molecule has 5 heteroatoms. The van der Waals surface area contributed by atoms with Crippen LogP contribution in [0.4, 0.5) is 5.69 Å². The van der Waals surface area contributed by atoms with Crippen LogP contribution >= 0.6 is 0 Å². The normalized spacial score (nSPS) is 11.9. The van der Waals surface area contributed by atoms with Crippen LogP contribution in [0.2, 0.25) is 0 Å². The number of nitrogens with one attached hydrogen (secondary N) is 1.